The van der Waals surface area contributed by atoms with E-state index in [0.29, 0.717) is 11.5 Å². The summed E-state index contributed by atoms with van der Waals surface area (Å²) in [7, 11) is 0. The number of hydrogen-bond acceptors (Lipinski definition) is 5. The van der Waals surface area contributed by atoms with E-state index in [2.05, 4.69) is 4.90 Å². The molecule has 35 heavy (non-hydrogen) atoms. The first-order valence-electron chi connectivity index (χ1n) is 11.5. The van der Waals surface area contributed by atoms with Crippen molar-refractivity contribution in [3.8, 4) is 28.7 Å². The second-order valence-corrected chi connectivity index (χ2v) is 9.07. The highest BCUT2D eigenvalue weighted by Gasteiger charge is 2.20. The molecule has 4 rings (SSSR count). The second-order valence-electron chi connectivity index (χ2n) is 9.07. The summed E-state index contributed by atoms with van der Waals surface area (Å²) in [4.78, 5) is 2.11. The molecule has 0 atom stereocenters. The fraction of sp³-hybridized carbons (Fsp3) is 0.200. The predicted octanol–water partition coefficient (Wildman–Crippen LogP) is 7.92. The minimum atomic E-state index is 0.110. The quantitative estimate of drug-likeness (QED) is 0.277. The van der Waals surface area contributed by atoms with Crippen LogP contribution < -0.4 is 9.64 Å². The molecule has 4 aromatic rings. The van der Waals surface area contributed by atoms with Crippen molar-refractivity contribution in [1.82, 2.24) is 0 Å². The molecule has 0 aliphatic rings. The number of aryl methyl sites for hydroxylation is 2. The number of hydrogen-bond donors (Lipinski definition) is 3. The van der Waals surface area contributed by atoms with Gasteiger partial charge in [0.15, 0.2) is 11.5 Å². The van der Waals surface area contributed by atoms with E-state index in [9.17, 15) is 15.3 Å². The molecule has 3 N–H and O–H groups in total. The van der Waals surface area contributed by atoms with Crippen molar-refractivity contribution < 1.29 is 20.1 Å². The van der Waals surface area contributed by atoms with Crippen molar-refractivity contribution in [3.05, 3.63) is 94.0 Å². The fourth-order valence-electron chi connectivity index (χ4n) is 4.32. The maximum absolute atomic E-state index is 10.4. The molecule has 0 saturated carbocycles. The molecule has 5 heteroatoms. The molecule has 0 spiro atoms. The van der Waals surface area contributed by atoms with Crippen molar-refractivity contribution in [2.75, 3.05) is 4.90 Å². The van der Waals surface area contributed by atoms with Crippen molar-refractivity contribution in [1.29, 1.82) is 0 Å². The lowest BCUT2D eigenvalue weighted by Crippen LogP contribution is -2.13. The van der Waals surface area contributed by atoms with E-state index in [1.165, 1.54) is 0 Å². The van der Waals surface area contributed by atoms with E-state index in [4.69, 9.17) is 4.74 Å². The van der Waals surface area contributed by atoms with Crippen LogP contribution in [0, 0.1) is 41.5 Å². The Hall–Kier alpha value is -4.12. The predicted molar refractivity (Wildman–Crippen MR) is 141 cm³/mol. The Morgan fingerprint density at radius 3 is 1.57 bits per heavy atom. The normalized spacial score (nSPS) is 10.9. The number of phenols is 3. The maximum atomic E-state index is 10.4. The molecule has 5 nitrogen and oxygen atoms in total. The van der Waals surface area contributed by atoms with E-state index in [-0.39, 0.29) is 17.2 Å². The zero-order valence-electron chi connectivity index (χ0n) is 21.0. The third-order valence-electron chi connectivity index (χ3n) is 6.66. The zero-order valence-corrected chi connectivity index (χ0v) is 21.0. The molecular formula is C30H31NO4. The van der Waals surface area contributed by atoms with Crippen LogP contribution in [0.2, 0.25) is 0 Å². The number of rotatable bonds is 5. The van der Waals surface area contributed by atoms with Gasteiger partial charge in [-0.1, -0.05) is 6.07 Å². The summed E-state index contributed by atoms with van der Waals surface area (Å²) in [5, 5.41) is 30.8. The van der Waals surface area contributed by atoms with Gasteiger partial charge in [-0.05, 0) is 130 Å². The summed E-state index contributed by atoms with van der Waals surface area (Å²) in [5.74, 6) is 1.66. The molecule has 0 aliphatic heterocycles. The Morgan fingerprint density at radius 1 is 0.571 bits per heavy atom. The van der Waals surface area contributed by atoms with Crippen molar-refractivity contribution in [2.24, 2.45) is 0 Å². The highest BCUT2D eigenvalue weighted by atomic mass is 16.5. The first-order valence-corrected chi connectivity index (χ1v) is 11.5. The Bertz CT molecular complexity index is 1330. The number of anilines is 3. The Balaban J connectivity index is 1.81. The average molecular weight is 470 g/mol. The number of aromatic hydroxyl groups is 3. The summed E-state index contributed by atoms with van der Waals surface area (Å²) < 4.78 is 6.02. The van der Waals surface area contributed by atoms with Gasteiger partial charge >= 0.3 is 0 Å². The molecule has 0 saturated heterocycles. The molecule has 180 valence electrons. The minimum Gasteiger partial charge on any atom is -0.508 e. The molecule has 0 aromatic heterocycles. The van der Waals surface area contributed by atoms with E-state index >= 15 is 0 Å². The van der Waals surface area contributed by atoms with Crippen LogP contribution in [0.3, 0.4) is 0 Å². The fourth-order valence-corrected chi connectivity index (χ4v) is 4.32. The van der Waals surface area contributed by atoms with Crippen molar-refractivity contribution in [3.63, 3.8) is 0 Å². The van der Waals surface area contributed by atoms with Gasteiger partial charge in [0, 0.05) is 17.1 Å². The largest absolute Gasteiger partial charge is 0.508 e. The van der Waals surface area contributed by atoms with Crippen LogP contribution in [0.1, 0.15) is 33.4 Å². The van der Waals surface area contributed by atoms with Gasteiger partial charge in [-0.15, -0.1) is 0 Å². The molecule has 0 heterocycles. The van der Waals surface area contributed by atoms with Crippen LogP contribution in [0.15, 0.2) is 60.7 Å². The van der Waals surface area contributed by atoms with Gasteiger partial charge in [-0.25, -0.2) is 0 Å². The van der Waals surface area contributed by atoms with Crippen molar-refractivity contribution >= 4 is 17.1 Å². The lowest BCUT2D eigenvalue weighted by Gasteiger charge is -2.30. The standard InChI is InChI=1S/C30H31NO4/c1-17-15-18(2)30(29(34)16-17)35-24-9-7-23(8-10-24)31(25-11-13-27(32)21(5)19(25)3)26-12-14-28(33)22(6)20(26)4/h7-16,32-34H,1-6H3. The van der Waals surface area contributed by atoms with Crippen LogP contribution in [-0.4, -0.2) is 15.3 Å². The summed E-state index contributed by atoms with van der Waals surface area (Å²) in [5.41, 5.74) is 8.10. The average Bonchev–Trinajstić information content (AvgIpc) is 2.82. The smallest absolute Gasteiger partial charge is 0.171 e. The Labute approximate surface area is 206 Å². The molecule has 0 fully saturated rings. The lowest BCUT2D eigenvalue weighted by atomic mass is 10.0. The maximum Gasteiger partial charge on any atom is 0.171 e. The van der Waals surface area contributed by atoms with Crippen LogP contribution in [-0.2, 0) is 0 Å². The highest BCUT2D eigenvalue weighted by Crippen LogP contribution is 2.43. The van der Waals surface area contributed by atoms with Crippen LogP contribution in [0.4, 0.5) is 17.1 Å². The van der Waals surface area contributed by atoms with Gasteiger partial charge in [-0.2, -0.15) is 0 Å². The molecule has 0 bridgehead atoms. The lowest BCUT2D eigenvalue weighted by molar-refractivity contribution is 0.408. The molecule has 0 unspecified atom stereocenters. The topological polar surface area (TPSA) is 73.2 Å². The van der Waals surface area contributed by atoms with E-state index in [1.54, 1.807) is 18.2 Å². The molecule has 0 amide bonds. The van der Waals surface area contributed by atoms with Gasteiger partial charge in [0.25, 0.3) is 0 Å². The number of phenolic OH excluding ortho intramolecular Hbond substituents is 3. The first kappa shape index (κ1) is 24.0. The highest BCUT2D eigenvalue weighted by molar-refractivity contribution is 5.82. The van der Waals surface area contributed by atoms with Crippen LogP contribution in [0.25, 0.3) is 0 Å². The SMILES string of the molecule is Cc1cc(C)c(Oc2ccc(N(c3ccc(O)c(C)c3C)c3ccc(O)c(C)c3C)cc2)c(O)c1. The van der Waals surface area contributed by atoms with E-state index in [0.717, 1.165) is 50.4 Å². The van der Waals surface area contributed by atoms with Gasteiger partial charge in [0.2, 0.25) is 0 Å². The van der Waals surface area contributed by atoms with E-state index in [1.807, 2.05) is 84.0 Å². The first-order chi connectivity index (χ1) is 16.6. The Kier molecular flexibility index (Phi) is 6.35. The second kappa shape index (κ2) is 9.26. The van der Waals surface area contributed by atoms with Crippen molar-refractivity contribution in [2.45, 2.75) is 41.5 Å². The number of nitrogens with zero attached hydrogens (tertiary/aromatic N) is 1. The van der Waals surface area contributed by atoms with Gasteiger partial charge in [0.1, 0.15) is 17.2 Å². The molecule has 0 radical (unpaired) electrons. The number of ether oxygens (including phenoxy) is 1. The zero-order chi connectivity index (χ0) is 25.4. The number of benzene rings is 4. The summed E-state index contributed by atoms with van der Waals surface area (Å²) in [6, 6.07) is 18.5. The third-order valence-corrected chi connectivity index (χ3v) is 6.66. The Morgan fingerprint density at radius 2 is 1.09 bits per heavy atom. The summed E-state index contributed by atoms with van der Waals surface area (Å²) in [6.45, 7) is 11.6. The molecule has 4 aromatic carbocycles. The summed E-state index contributed by atoms with van der Waals surface area (Å²) >= 11 is 0. The third kappa shape index (κ3) is 4.50. The van der Waals surface area contributed by atoms with Crippen LogP contribution >= 0.6 is 0 Å². The molecule has 0 aliphatic carbocycles. The summed E-state index contributed by atoms with van der Waals surface area (Å²) in [6.07, 6.45) is 0. The van der Waals surface area contributed by atoms with Gasteiger partial charge < -0.3 is 25.0 Å². The minimum absolute atomic E-state index is 0.110. The van der Waals surface area contributed by atoms with E-state index < -0.39 is 0 Å². The van der Waals surface area contributed by atoms with Crippen LogP contribution in [0.5, 0.6) is 28.7 Å². The van der Waals surface area contributed by atoms with Gasteiger partial charge in [-0.3, -0.25) is 0 Å². The monoisotopic (exact) mass is 469 g/mol. The molecular weight excluding hydrogens is 438 g/mol. The van der Waals surface area contributed by atoms with Gasteiger partial charge in [0.05, 0.1) is 0 Å².